The number of hydrogen-bond donors (Lipinski definition) is 0. The van der Waals surface area contributed by atoms with Gasteiger partial charge in [0.25, 0.3) is 0 Å². The van der Waals surface area contributed by atoms with Crippen molar-refractivity contribution in [3.63, 3.8) is 0 Å². The largest absolute Gasteiger partial charge is 0.340 e. The molecule has 10 heteroatoms. The fourth-order valence-corrected chi connectivity index (χ4v) is 8.38. The highest BCUT2D eigenvalue weighted by atomic mass is 35.5. The third kappa shape index (κ3) is 5.99. The molecule has 39 heavy (non-hydrogen) atoms. The van der Waals surface area contributed by atoms with Crippen LogP contribution in [0.1, 0.15) is 30.0 Å². The molecule has 3 aromatic rings. The summed E-state index contributed by atoms with van der Waals surface area (Å²) in [6, 6.07) is 22.9. The SMILES string of the molecule is O=C(C1CCN(S(=O)(=O)c2c(Cl)cccc2Cl)CC1)N1CCN(C(c2ccccc2)c2ccccc2Cl)CC1. The molecule has 5 rings (SSSR count). The number of benzene rings is 3. The number of carbonyl (C=O) groups is 1. The van der Waals surface area contributed by atoms with Gasteiger partial charge in [0.15, 0.2) is 0 Å². The zero-order chi connectivity index (χ0) is 27.6. The van der Waals surface area contributed by atoms with Crippen molar-refractivity contribution in [1.29, 1.82) is 0 Å². The van der Waals surface area contributed by atoms with E-state index < -0.39 is 10.0 Å². The van der Waals surface area contributed by atoms with Gasteiger partial charge >= 0.3 is 0 Å². The maximum absolute atomic E-state index is 13.4. The molecule has 2 aliphatic heterocycles. The lowest BCUT2D eigenvalue weighted by atomic mass is 9.95. The molecule has 0 saturated carbocycles. The summed E-state index contributed by atoms with van der Waals surface area (Å²) in [6.07, 6.45) is 0.930. The average molecular weight is 607 g/mol. The van der Waals surface area contributed by atoms with Crippen molar-refractivity contribution >= 4 is 50.7 Å². The number of rotatable bonds is 6. The first-order valence-corrected chi connectivity index (χ1v) is 15.6. The van der Waals surface area contributed by atoms with Crippen LogP contribution < -0.4 is 0 Å². The summed E-state index contributed by atoms with van der Waals surface area (Å²) in [5, 5.41) is 0.929. The van der Waals surface area contributed by atoms with E-state index in [-0.39, 0.29) is 45.9 Å². The maximum Gasteiger partial charge on any atom is 0.246 e. The molecule has 6 nitrogen and oxygen atoms in total. The van der Waals surface area contributed by atoms with Crippen molar-refractivity contribution in [2.75, 3.05) is 39.3 Å². The van der Waals surface area contributed by atoms with Crippen LogP contribution in [0.5, 0.6) is 0 Å². The first kappa shape index (κ1) is 28.4. The molecule has 2 saturated heterocycles. The number of carbonyl (C=O) groups excluding carboxylic acids is 1. The van der Waals surface area contributed by atoms with Gasteiger partial charge < -0.3 is 4.90 Å². The van der Waals surface area contributed by atoms with Gasteiger partial charge in [0, 0.05) is 50.2 Å². The number of nitrogens with zero attached hydrogens (tertiary/aromatic N) is 3. The minimum absolute atomic E-state index is 0.00207. The van der Waals surface area contributed by atoms with Gasteiger partial charge in [-0.1, -0.05) is 89.4 Å². The van der Waals surface area contributed by atoms with E-state index in [1.54, 1.807) is 6.07 Å². The molecule has 0 aliphatic carbocycles. The van der Waals surface area contributed by atoms with Gasteiger partial charge in [0.05, 0.1) is 16.1 Å². The maximum atomic E-state index is 13.4. The van der Waals surface area contributed by atoms with E-state index in [4.69, 9.17) is 34.8 Å². The second kappa shape index (κ2) is 12.2. The number of piperazine rings is 1. The van der Waals surface area contributed by atoms with Crippen molar-refractivity contribution in [3.8, 4) is 0 Å². The Morgan fingerprint density at radius 1 is 0.718 bits per heavy atom. The summed E-state index contributed by atoms with van der Waals surface area (Å²) >= 11 is 19.0. The Morgan fingerprint density at radius 3 is 1.90 bits per heavy atom. The van der Waals surface area contributed by atoms with E-state index >= 15 is 0 Å². The summed E-state index contributed by atoms with van der Waals surface area (Å²) in [4.78, 5) is 17.7. The molecule has 1 amide bonds. The molecular weight excluding hydrogens is 577 g/mol. The zero-order valence-electron chi connectivity index (χ0n) is 21.3. The standard InChI is InChI=1S/C29H30Cl3N3O3S/c30-24-10-5-4-9-23(24)27(21-7-2-1-3-8-21)33-17-19-34(20-18-33)29(36)22-13-15-35(16-14-22)39(37,38)28-25(31)11-6-12-26(28)32/h1-12,22,27H,13-20H2. The van der Waals surface area contributed by atoms with Crippen LogP contribution in [0.15, 0.2) is 77.7 Å². The zero-order valence-corrected chi connectivity index (χ0v) is 24.4. The molecule has 1 atom stereocenters. The molecule has 2 heterocycles. The van der Waals surface area contributed by atoms with Crippen LogP contribution >= 0.6 is 34.8 Å². The van der Waals surface area contributed by atoms with Gasteiger partial charge in [0.1, 0.15) is 4.90 Å². The third-order valence-electron chi connectivity index (χ3n) is 7.63. The second-order valence-corrected chi connectivity index (χ2v) is 13.0. The highest BCUT2D eigenvalue weighted by molar-refractivity contribution is 7.89. The monoisotopic (exact) mass is 605 g/mol. The fraction of sp³-hybridized carbons (Fsp3) is 0.345. The lowest BCUT2D eigenvalue weighted by Gasteiger charge is -2.41. The topological polar surface area (TPSA) is 60.9 Å². The fourth-order valence-electron chi connectivity index (χ4n) is 5.58. The van der Waals surface area contributed by atoms with E-state index in [1.807, 2.05) is 41.3 Å². The highest BCUT2D eigenvalue weighted by Gasteiger charge is 2.37. The summed E-state index contributed by atoms with van der Waals surface area (Å²) in [7, 11) is -3.84. The molecule has 0 bridgehead atoms. The average Bonchev–Trinajstić information content (AvgIpc) is 2.95. The lowest BCUT2D eigenvalue weighted by Crippen LogP contribution is -2.52. The Balaban J connectivity index is 1.22. The van der Waals surface area contributed by atoms with Crippen LogP contribution in [0.3, 0.4) is 0 Å². The Kier molecular flexibility index (Phi) is 8.86. The van der Waals surface area contributed by atoms with Crippen molar-refractivity contribution in [1.82, 2.24) is 14.1 Å². The highest BCUT2D eigenvalue weighted by Crippen LogP contribution is 2.35. The smallest absolute Gasteiger partial charge is 0.246 e. The first-order valence-electron chi connectivity index (χ1n) is 13.0. The van der Waals surface area contributed by atoms with Crippen LogP contribution in [0.4, 0.5) is 0 Å². The van der Waals surface area contributed by atoms with Crippen molar-refractivity contribution in [3.05, 3.63) is 99.0 Å². The van der Waals surface area contributed by atoms with Gasteiger partial charge in [-0.25, -0.2) is 8.42 Å². The molecule has 0 aromatic heterocycles. The number of hydrogen-bond acceptors (Lipinski definition) is 4. The van der Waals surface area contributed by atoms with Crippen molar-refractivity contribution < 1.29 is 13.2 Å². The Labute approximate surface area is 245 Å². The molecular formula is C29H30Cl3N3O3S. The van der Waals surface area contributed by atoms with Crippen LogP contribution in [0, 0.1) is 5.92 Å². The minimum atomic E-state index is -3.84. The quantitative estimate of drug-likeness (QED) is 0.346. The molecule has 3 aromatic carbocycles. The summed E-state index contributed by atoms with van der Waals surface area (Å²) in [5.41, 5.74) is 2.22. The van der Waals surface area contributed by atoms with E-state index in [2.05, 4.69) is 23.1 Å². The van der Waals surface area contributed by atoms with Gasteiger partial charge in [-0.05, 0) is 42.2 Å². The van der Waals surface area contributed by atoms with Crippen LogP contribution in [0.25, 0.3) is 0 Å². The number of piperidine rings is 1. The molecule has 0 N–H and O–H groups in total. The molecule has 0 radical (unpaired) electrons. The summed E-state index contributed by atoms with van der Waals surface area (Å²) in [6.45, 7) is 3.16. The molecule has 0 spiro atoms. The number of sulfonamides is 1. The van der Waals surface area contributed by atoms with Crippen molar-refractivity contribution in [2.45, 2.75) is 23.8 Å². The summed E-state index contributed by atoms with van der Waals surface area (Å²) in [5.74, 6) is -0.116. The number of amides is 1. The van der Waals surface area contributed by atoms with E-state index in [1.165, 1.54) is 16.4 Å². The summed E-state index contributed by atoms with van der Waals surface area (Å²) < 4.78 is 27.8. The first-order chi connectivity index (χ1) is 18.8. The predicted molar refractivity (Wildman–Crippen MR) is 156 cm³/mol. The van der Waals surface area contributed by atoms with Gasteiger partial charge in [0.2, 0.25) is 15.9 Å². The second-order valence-electron chi connectivity index (χ2n) is 9.93. The lowest BCUT2D eigenvalue weighted by molar-refractivity contribution is -0.138. The minimum Gasteiger partial charge on any atom is -0.340 e. The Bertz CT molecular complexity index is 1400. The van der Waals surface area contributed by atoms with Crippen LogP contribution in [0.2, 0.25) is 15.1 Å². The Hall–Kier alpha value is -2.13. The van der Waals surface area contributed by atoms with Gasteiger partial charge in [-0.15, -0.1) is 0 Å². The van der Waals surface area contributed by atoms with E-state index in [9.17, 15) is 13.2 Å². The van der Waals surface area contributed by atoms with Gasteiger partial charge in [-0.2, -0.15) is 4.31 Å². The van der Waals surface area contributed by atoms with Crippen molar-refractivity contribution in [2.24, 2.45) is 5.92 Å². The third-order valence-corrected chi connectivity index (χ3v) is 10.8. The Morgan fingerprint density at radius 2 is 1.28 bits per heavy atom. The van der Waals surface area contributed by atoms with Crippen LogP contribution in [-0.2, 0) is 14.8 Å². The molecule has 1 unspecified atom stereocenters. The normalized spacial score (nSPS) is 18.7. The van der Waals surface area contributed by atoms with E-state index in [0.29, 0.717) is 25.9 Å². The predicted octanol–water partition coefficient (Wildman–Crippen LogP) is 5.98. The molecule has 2 aliphatic rings. The molecule has 206 valence electrons. The number of halogens is 3. The van der Waals surface area contributed by atoms with E-state index in [0.717, 1.165) is 29.2 Å². The van der Waals surface area contributed by atoms with Crippen LogP contribution in [-0.4, -0.2) is 67.7 Å². The molecule has 2 fully saturated rings. The van der Waals surface area contributed by atoms with Gasteiger partial charge in [-0.3, -0.25) is 9.69 Å².